The van der Waals surface area contributed by atoms with Crippen LogP contribution in [0.2, 0.25) is 0 Å². The number of alkyl halides is 3. The summed E-state index contributed by atoms with van der Waals surface area (Å²) in [4.78, 5) is 26.6. The van der Waals surface area contributed by atoms with Gasteiger partial charge in [0.25, 0.3) is 0 Å². The van der Waals surface area contributed by atoms with E-state index in [0.717, 1.165) is 24.8 Å². The van der Waals surface area contributed by atoms with E-state index < -0.39 is 30.6 Å². The predicted molar refractivity (Wildman–Crippen MR) is 103 cm³/mol. The van der Waals surface area contributed by atoms with Crippen molar-refractivity contribution in [2.24, 2.45) is 0 Å². The highest BCUT2D eigenvalue weighted by molar-refractivity contribution is 5.88. The number of carboxylic acid groups (broad SMARTS) is 1. The Morgan fingerprint density at radius 1 is 1.23 bits per heavy atom. The zero-order chi connectivity index (χ0) is 23.0. The van der Waals surface area contributed by atoms with Crippen molar-refractivity contribution < 1.29 is 37.1 Å². The maximum absolute atomic E-state index is 12.8. The predicted octanol–water partition coefficient (Wildman–Crippen LogP) is 4.05. The number of carbonyl (C=O) groups is 2. The van der Waals surface area contributed by atoms with Crippen LogP contribution in [0.1, 0.15) is 49.0 Å². The topological polar surface area (TPSA) is 103 Å². The van der Waals surface area contributed by atoms with Gasteiger partial charge in [-0.1, -0.05) is 49.3 Å². The molecule has 2 rings (SSSR count). The van der Waals surface area contributed by atoms with Crippen molar-refractivity contribution >= 4 is 11.9 Å². The van der Waals surface area contributed by atoms with Crippen molar-refractivity contribution in [3.8, 4) is 0 Å². The molecule has 10 heteroatoms. The number of nitrogens with zero attached hydrogens (tertiary/aromatic N) is 2. The molecule has 31 heavy (non-hydrogen) atoms. The zero-order valence-corrected chi connectivity index (χ0v) is 16.9. The van der Waals surface area contributed by atoms with Crippen molar-refractivity contribution in [1.29, 1.82) is 0 Å². The highest BCUT2D eigenvalue weighted by atomic mass is 19.4. The third-order valence-electron chi connectivity index (χ3n) is 4.34. The number of carboxylic acids is 1. The summed E-state index contributed by atoms with van der Waals surface area (Å²) in [7, 11) is 0. The summed E-state index contributed by atoms with van der Waals surface area (Å²) >= 11 is 0. The summed E-state index contributed by atoms with van der Waals surface area (Å²) in [6.07, 6.45) is -5.90. The average molecular weight is 440 g/mol. The van der Waals surface area contributed by atoms with E-state index in [0.29, 0.717) is 12.2 Å². The van der Waals surface area contributed by atoms with Crippen LogP contribution >= 0.6 is 0 Å². The maximum atomic E-state index is 12.8. The second-order valence-electron chi connectivity index (χ2n) is 7.01. The number of benzene rings is 1. The fourth-order valence-electron chi connectivity index (χ4n) is 2.67. The molecule has 1 N–H and O–H groups in total. The first-order chi connectivity index (χ1) is 14.6. The standard InChI is InChI=1S/C21H23F3N2O5/c1-3-4-5-14-6-8-15(9-7-14)11-17-25-18(31-26-17)10-13(2)20(29)30-16(12-19(27)28)21(22,23)24/h6-9,16H,2-5,10-12H2,1H3,(H,27,28)/t16-/m1/s1. The molecule has 1 aromatic heterocycles. The molecule has 168 valence electrons. The fraction of sp³-hybridized carbons (Fsp3) is 0.429. The van der Waals surface area contributed by atoms with E-state index in [9.17, 15) is 22.8 Å². The van der Waals surface area contributed by atoms with Crippen LogP contribution in [0.5, 0.6) is 0 Å². The van der Waals surface area contributed by atoms with E-state index in [-0.39, 0.29) is 17.9 Å². The first-order valence-electron chi connectivity index (χ1n) is 9.65. The number of halogens is 3. The van der Waals surface area contributed by atoms with Crippen molar-refractivity contribution in [3.63, 3.8) is 0 Å². The number of ether oxygens (including phenoxy) is 1. The van der Waals surface area contributed by atoms with Gasteiger partial charge in [0.15, 0.2) is 5.82 Å². The maximum Gasteiger partial charge on any atom is 0.426 e. The third kappa shape index (κ3) is 7.88. The lowest BCUT2D eigenvalue weighted by Crippen LogP contribution is -2.36. The number of carbonyl (C=O) groups excluding carboxylic acids is 1. The quantitative estimate of drug-likeness (QED) is 0.415. The Morgan fingerprint density at radius 2 is 1.87 bits per heavy atom. The average Bonchev–Trinajstić information content (AvgIpc) is 3.12. The minimum atomic E-state index is -5.02. The molecule has 0 fully saturated rings. The molecule has 0 aliphatic rings. The molecule has 2 aromatic rings. The van der Waals surface area contributed by atoms with Crippen LogP contribution in [0.25, 0.3) is 0 Å². The van der Waals surface area contributed by atoms with Gasteiger partial charge < -0.3 is 14.4 Å². The van der Waals surface area contributed by atoms with Gasteiger partial charge >= 0.3 is 18.1 Å². The minimum absolute atomic E-state index is 0.0155. The molecule has 0 spiro atoms. The number of aryl methyl sites for hydroxylation is 1. The van der Waals surface area contributed by atoms with Gasteiger partial charge in [-0.2, -0.15) is 18.2 Å². The molecule has 0 aliphatic carbocycles. The van der Waals surface area contributed by atoms with Crippen molar-refractivity contribution in [2.75, 3.05) is 0 Å². The van der Waals surface area contributed by atoms with Crippen molar-refractivity contribution in [2.45, 2.75) is 57.7 Å². The molecular weight excluding hydrogens is 417 g/mol. The summed E-state index contributed by atoms with van der Waals surface area (Å²) in [5.74, 6) is -2.80. The molecule has 0 unspecified atom stereocenters. The van der Waals surface area contributed by atoms with Gasteiger partial charge in [0.2, 0.25) is 12.0 Å². The van der Waals surface area contributed by atoms with E-state index in [4.69, 9.17) is 9.63 Å². The lowest BCUT2D eigenvalue weighted by Gasteiger charge is -2.19. The van der Waals surface area contributed by atoms with Crippen LogP contribution < -0.4 is 0 Å². The van der Waals surface area contributed by atoms with E-state index >= 15 is 0 Å². The molecule has 7 nitrogen and oxygen atoms in total. The van der Waals surface area contributed by atoms with E-state index in [2.05, 4.69) is 28.4 Å². The fourth-order valence-corrected chi connectivity index (χ4v) is 2.67. The zero-order valence-electron chi connectivity index (χ0n) is 16.9. The number of aliphatic carboxylic acids is 1. The monoisotopic (exact) mass is 440 g/mol. The van der Waals surface area contributed by atoms with Crippen LogP contribution in [-0.2, 0) is 33.6 Å². The summed E-state index contributed by atoms with van der Waals surface area (Å²) in [6.45, 7) is 5.50. The molecule has 0 amide bonds. The van der Waals surface area contributed by atoms with Crippen LogP contribution in [0, 0.1) is 0 Å². The van der Waals surface area contributed by atoms with Crippen LogP contribution in [0.15, 0.2) is 40.9 Å². The number of rotatable bonds is 11. The van der Waals surface area contributed by atoms with Gasteiger partial charge in [0.1, 0.15) is 0 Å². The SMILES string of the molecule is C=C(Cc1nc(Cc2ccc(CCCC)cc2)no1)C(=O)O[C@H](CC(=O)O)C(F)(F)F. The highest BCUT2D eigenvalue weighted by Crippen LogP contribution is 2.26. The van der Waals surface area contributed by atoms with E-state index in [1.165, 1.54) is 5.56 Å². The first-order valence-corrected chi connectivity index (χ1v) is 9.65. The van der Waals surface area contributed by atoms with Gasteiger partial charge in [-0.3, -0.25) is 4.79 Å². The van der Waals surface area contributed by atoms with Gasteiger partial charge in [-0.15, -0.1) is 0 Å². The Morgan fingerprint density at radius 3 is 2.45 bits per heavy atom. The lowest BCUT2D eigenvalue weighted by atomic mass is 10.0. The smallest absolute Gasteiger partial charge is 0.426 e. The van der Waals surface area contributed by atoms with Gasteiger partial charge in [0.05, 0.1) is 12.8 Å². The molecule has 1 heterocycles. The summed E-state index contributed by atoms with van der Waals surface area (Å²) in [5, 5.41) is 12.4. The lowest BCUT2D eigenvalue weighted by molar-refractivity contribution is -0.222. The van der Waals surface area contributed by atoms with E-state index in [1.807, 2.05) is 24.3 Å². The molecule has 1 aromatic carbocycles. The Hall–Kier alpha value is -3.17. The number of hydrogen-bond acceptors (Lipinski definition) is 6. The molecule has 0 aliphatic heterocycles. The molecule has 0 bridgehead atoms. The summed E-state index contributed by atoms with van der Waals surface area (Å²) < 4.78 is 47.7. The number of unbranched alkanes of at least 4 members (excludes halogenated alkanes) is 1. The number of hydrogen-bond donors (Lipinski definition) is 1. The Labute approximate surface area is 176 Å². The van der Waals surface area contributed by atoms with Crippen LogP contribution in [0.4, 0.5) is 13.2 Å². The van der Waals surface area contributed by atoms with Crippen molar-refractivity contribution in [3.05, 3.63) is 59.3 Å². The van der Waals surface area contributed by atoms with Gasteiger partial charge in [0, 0.05) is 12.0 Å². The Balaban J connectivity index is 1.93. The summed E-state index contributed by atoms with van der Waals surface area (Å²) in [5.41, 5.74) is 1.82. The molecular formula is C21H23F3N2O5. The van der Waals surface area contributed by atoms with Crippen LogP contribution in [-0.4, -0.2) is 39.5 Å². The van der Waals surface area contributed by atoms with Gasteiger partial charge in [-0.05, 0) is 24.0 Å². The highest BCUT2D eigenvalue weighted by Gasteiger charge is 2.44. The normalized spacial score (nSPS) is 12.4. The third-order valence-corrected chi connectivity index (χ3v) is 4.34. The molecule has 0 saturated carbocycles. The first kappa shape index (κ1) is 24.1. The van der Waals surface area contributed by atoms with Crippen LogP contribution in [0.3, 0.4) is 0 Å². The minimum Gasteiger partial charge on any atom is -0.481 e. The molecule has 1 atom stereocenters. The second-order valence-corrected chi connectivity index (χ2v) is 7.01. The Kier molecular flexibility index (Phi) is 8.35. The van der Waals surface area contributed by atoms with E-state index in [1.54, 1.807) is 0 Å². The largest absolute Gasteiger partial charge is 0.481 e. The molecule has 0 radical (unpaired) electrons. The number of aromatic nitrogens is 2. The van der Waals surface area contributed by atoms with Gasteiger partial charge in [-0.25, -0.2) is 4.79 Å². The summed E-state index contributed by atoms with van der Waals surface area (Å²) in [6, 6.07) is 7.96. The second kappa shape index (κ2) is 10.7. The number of esters is 1. The molecule has 0 saturated heterocycles. The Bertz CT molecular complexity index is 906. The van der Waals surface area contributed by atoms with Crippen molar-refractivity contribution in [1.82, 2.24) is 10.1 Å².